The van der Waals surface area contributed by atoms with Gasteiger partial charge in [0.05, 0.1) is 6.42 Å². The first-order valence-electron chi connectivity index (χ1n) is 10.5. The number of nitrogens with one attached hydrogen (secondary N) is 1. The molecule has 0 fully saturated rings. The van der Waals surface area contributed by atoms with Crippen LogP contribution in [-0.4, -0.2) is 12.3 Å². The summed E-state index contributed by atoms with van der Waals surface area (Å²) in [5.41, 5.74) is 19.7. The van der Waals surface area contributed by atoms with Gasteiger partial charge in [0, 0.05) is 22.0 Å². The number of carbonyl (C=O) groups is 2. The first-order valence-corrected chi connectivity index (χ1v) is 11.0. The maximum absolute atomic E-state index is 13.3. The molecular formula is C27H27FN4O2S. The molecule has 7 N–H and O–H groups in total. The molecule has 0 atom stereocenters. The molecule has 2 amide bonds. The number of nitrogen functional groups attached to an aromatic ring is 2. The number of primary amides is 1. The van der Waals surface area contributed by atoms with E-state index in [1.165, 1.54) is 18.2 Å². The van der Waals surface area contributed by atoms with Crippen molar-refractivity contribution in [3.8, 4) is 11.1 Å². The van der Waals surface area contributed by atoms with Gasteiger partial charge in [-0.25, -0.2) is 4.39 Å². The van der Waals surface area contributed by atoms with Crippen LogP contribution in [-0.2, 0) is 16.0 Å². The minimum atomic E-state index is -0.411. The first-order chi connectivity index (χ1) is 16.8. The standard InChI is InChI=1S/C20H17FN2OS.C6H7N.CH3NO/c21-16-6-9-19(22)15(10-16)12-20(24)23-17-3-1-2-14(11-17)13-4-7-18(25)8-5-13;7-6-4-2-1-3-5-6;2-1-3/h1-11,25H,12,22H2,(H,23,24);1-5H,7H2;1H,(H2,2,3). The summed E-state index contributed by atoms with van der Waals surface area (Å²) in [6.45, 7) is 0. The molecule has 0 saturated carbocycles. The van der Waals surface area contributed by atoms with Crippen molar-refractivity contribution >= 4 is 42.0 Å². The largest absolute Gasteiger partial charge is 0.399 e. The molecule has 0 aliphatic rings. The Bertz CT molecular complexity index is 1240. The van der Waals surface area contributed by atoms with Crippen LogP contribution in [0.25, 0.3) is 11.1 Å². The summed E-state index contributed by atoms with van der Waals surface area (Å²) in [5.74, 6) is -0.660. The van der Waals surface area contributed by atoms with E-state index in [4.69, 9.17) is 16.3 Å². The summed E-state index contributed by atoms with van der Waals surface area (Å²) in [6.07, 6.45) is 0.266. The van der Waals surface area contributed by atoms with Crippen molar-refractivity contribution in [3.05, 3.63) is 108 Å². The summed E-state index contributed by atoms with van der Waals surface area (Å²) in [7, 11) is 0. The van der Waals surface area contributed by atoms with E-state index < -0.39 is 5.82 Å². The predicted molar refractivity (Wildman–Crippen MR) is 143 cm³/mol. The van der Waals surface area contributed by atoms with E-state index in [1.54, 1.807) is 0 Å². The number of benzene rings is 4. The van der Waals surface area contributed by atoms with Gasteiger partial charge in [-0.15, -0.1) is 12.6 Å². The van der Waals surface area contributed by atoms with Crippen molar-refractivity contribution < 1.29 is 14.0 Å². The Morgan fingerprint density at radius 1 is 0.857 bits per heavy atom. The van der Waals surface area contributed by atoms with Crippen LogP contribution in [0.5, 0.6) is 0 Å². The molecule has 0 aromatic heterocycles. The molecule has 180 valence electrons. The lowest BCUT2D eigenvalue weighted by atomic mass is 10.0. The van der Waals surface area contributed by atoms with Gasteiger partial charge in [-0.05, 0) is 71.3 Å². The Kier molecular flexibility index (Phi) is 10.8. The fraction of sp³-hybridized carbons (Fsp3) is 0.0370. The highest BCUT2D eigenvalue weighted by Crippen LogP contribution is 2.24. The molecule has 0 radical (unpaired) electrons. The maximum Gasteiger partial charge on any atom is 0.228 e. The molecule has 0 bridgehead atoms. The normalized spacial score (nSPS) is 9.54. The molecular weight excluding hydrogens is 463 g/mol. The van der Waals surface area contributed by atoms with Crippen LogP contribution in [0.1, 0.15) is 5.56 Å². The number of hydrogen-bond donors (Lipinski definition) is 5. The molecule has 0 aliphatic heterocycles. The van der Waals surface area contributed by atoms with Crippen molar-refractivity contribution in [1.29, 1.82) is 0 Å². The van der Waals surface area contributed by atoms with Crippen LogP contribution < -0.4 is 22.5 Å². The summed E-state index contributed by atoms with van der Waals surface area (Å²) >= 11 is 4.28. The number of rotatable bonds is 4. The second kappa shape index (κ2) is 14.1. The van der Waals surface area contributed by atoms with Crippen molar-refractivity contribution in [2.45, 2.75) is 11.3 Å². The lowest BCUT2D eigenvalue weighted by molar-refractivity contribution is -0.115. The van der Waals surface area contributed by atoms with Crippen molar-refractivity contribution in [2.24, 2.45) is 5.73 Å². The van der Waals surface area contributed by atoms with Gasteiger partial charge in [0.1, 0.15) is 5.82 Å². The highest BCUT2D eigenvalue weighted by Gasteiger charge is 2.09. The van der Waals surface area contributed by atoms with E-state index in [1.807, 2.05) is 78.9 Å². The molecule has 0 aliphatic carbocycles. The molecule has 0 spiro atoms. The third kappa shape index (κ3) is 9.61. The molecule has 4 aromatic carbocycles. The predicted octanol–water partition coefficient (Wildman–Crippen LogP) is 4.92. The van der Waals surface area contributed by atoms with Crippen LogP contribution in [0, 0.1) is 5.82 Å². The molecule has 4 rings (SSSR count). The van der Waals surface area contributed by atoms with E-state index >= 15 is 0 Å². The molecule has 0 heterocycles. The fourth-order valence-corrected chi connectivity index (χ4v) is 3.14. The Labute approximate surface area is 209 Å². The van der Waals surface area contributed by atoms with E-state index in [9.17, 15) is 9.18 Å². The van der Waals surface area contributed by atoms with E-state index in [0.29, 0.717) is 16.9 Å². The smallest absolute Gasteiger partial charge is 0.228 e. The number of hydrogen-bond acceptors (Lipinski definition) is 5. The fourth-order valence-electron chi connectivity index (χ4n) is 2.99. The van der Waals surface area contributed by atoms with Crippen LogP contribution in [0.2, 0.25) is 0 Å². The first kappa shape index (κ1) is 26.9. The molecule has 35 heavy (non-hydrogen) atoms. The van der Waals surface area contributed by atoms with Crippen molar-refractivity contribution in [3.63, 3.8) is 0 Å². The zero-order valence-corrected chi connectivity index (χ0v) is 19.8. The highest BCUT2D eigenvalue weighted by atomic mass is 32.1. The molecule has 4 aromatic rings. The molecule has 6 nitrogen and oxygen atoms in total. The topological polar surface area (TPSA) is 124 Å². The highest BCUT2D eigenvalue weighted by molar-refractivity contribution is 7.80. The molecule has 8 heteroatoms. The van der Waals surface area contributed by atoms with Crippen molar-refractivity contribution in [2.75, 3.05) is 16.8 Å². The lowest BCUT2D eigenvalue weighted by Gasteiger charge is -2.09. The number of amides is 2. The van der Waals surface area contributed by atoms with Gasteiger partial charge in [0.15, 0.2) is 0 Å². The summed E-state index contributed by atoms with van der Waals surface area (Å²) < 4.78 is 13.3. The van der Waals surface area contributed by atoms with Gasteiger partial charge in [-0.2, -0.15) is 0 Å². The number of carbonyl (C=O) groups excluding carboxylic acids is 2. The third-order valence-corrected chi connectivity index (χ3v) is 4.90. The van der Waals surface area contributed by atoms with Gasteiger partial charge < -0.3 is 22.5 Å². The van der Waals surface area contributed by atoms with Gasteiger partial charge >= 0.3 is 0 Å². The van der Waals surface area contributed by atoms with Gasteiger partial charge in [-0.3, -0.25) is 9.59 Å². The van der Waals surface area contributed by atoms with Crippen molar-refractivity contribution in [1.82, 2.24) is 0 Å². The minimum absolute atomic E-state index is 0.0160. The maximum atomic E-state index is 13.3. The monoisotopic (exact) mass is 490 g/mol. The Morgan fingerprint density at radius 2 is 1.51 bits per heavy atom. The summed E-state index contributed by atoms with van der Waals surface area (Å²) in [5, 5.41) is 2.83. The average Bonchev–Trinajstić information content (AvgIpc) is 2.83. The van der Waals surface area contributed by atoms with E-state index in [2.05, 4.69) is 23.7 Å². The quantitative estimate of drug-likeness (QED) is 0.158. The van der Waals surface area contributed by atoms with Crippen LogP contribution >= 0.6 is 12.6 Å². The number of thiol groups is 1. The third-order valence-electron chi connectivity index (χ3n) is 4.60. The average molecular weight is 491 g/mol. The van der Waals surface area contributed by atoms with Gasteiger partial charge in [0.25, 0.3) is 0 Å². The second-order valence-corrected chi connectivity index (χ2v) is 7.76. The van der Waals surface area contributed by atoms with E-state index in [-0.39, 0.29) is 18.7 Å². The van der Waals surface area contributed by atoms with Gasteiger partial charge in [-0.1, -0.05) is 42.5 Å². The molecule has 0 saturated heterocycles. The molecule has 0 unspecified atom stereocenters. The SMILES string of the molecule is NC=O.Nc1ccc(F)cc1CC(=O)Nc1cccc(-c2ccc(S)cc2)c1.Nc1ccccc1. The lowest BCUT2D eigenvalue weighted by Crippen LogP contribution is -2.15. The van der Waals surface area contributed by atoms with Crippen LogP contribution in [0.3, 0.4) is 0 Å². The Hall–Kier alpha value is -4.30. The zero-order chi connectivity index (χ0) is 25.6. The van der Waals surface area contributed by atoms with Crippen LogP contribution in [0.4, 0.5) is 21.5 Å². The summed E-state index contributed by atoms with van der Waals surface area (Å²) in [4.78, 5) is 21.7. The number of nitrogens with two attached hydrogens (primary N) is 3. The minimum Gasteiger partial charge on any atom is -0.399 e. The zero-order valence-electron chi connectivity index (χ0n) is 18.9. The number of halogens is 1. The van der Waals surface area contributed by atoms with E-state index in [0.717, 1.165) is 21.7 Å². The number of para-hydroxylation sites is 1. The second-order valence-electron chi connectivity index (χ2n) is 7.24. The Morgan fingerprint density at radius 3 is 2.11 bits per heavy atom. The number of anilines is 3. The Balaban J connectivity index is 0.000000361. The summed E-state index contributed by atoms with van der Waals surface area (Å²) in [6, 6.07) is 28.8. The van der Waals surface area contributed by atoms with Gasteiger partial charge in [0.2, 0.25) is 12.3 Å². The van der Waals surface area contributed by atoms with Crippen LogP contribution in [0.15, 0.2) is 102 Å².